The predicted octanol–water partition coefficient (Wildman–Crippen LogP) is 1.06. The number of hydrogen-bond donors (Lipinski definition) is 1. The summed E-state index contributed by atoms with van der Waals surface area (Å²) in [5, 5.41) is 11.6. The monoisotopic (exact) mass is 238 g/mol. The van der Waals surface area contributed by atoms with Crippen molar-refractivity contribution in [3.8, 4) is 0 Å². The second kappa shape index (κ2) is 7.97. The van der Waals surface area contributed by atoms with Gasteiger partial charge in [0, 0.05) is 33.9 Å². The van der Waals surface area contributed by atoms with Crippen molar-refractivity contribution in [3.63, 3.8) is 0 Å². The maximum Gasteiger partial charge on any atom is 0.150 e. The van der Waals surface area contributed by atoms with Gasteiger partial charge in [0.15, 0.2) is 5.82 Å². The predicted molar refractivity (Wildman–Crippen MR) is 69.2 cm³/mol. The molecule has 0 spiro atoms. The van der Waals surface area contributed by atoms with Crippen molar-refractivity contribution in [3.05, 3.63) is 17.8 Å². The van der Waals surface area contributed by atoms with Gasteiger partial charge in [0.2, 0.25) is 0 Å². The average Bonchev–Trinajstić information content (AvgIpc) is 2.37. The molecule has 5 heteroatoms. The normalized spacial score (nSPS) is 10.5. The zero-order chi connectivity index (χ0) is 12.5. The minimum Gasteiger partial charge on any atom is -0.385 e. The highest BCUT2D eigenvalue weighted by atomic mass is 16.5. The summed E-state index contributed by atoms with van der Waals surface area (Å²) in [5.74, 6) is 0.904. The van der Waals surface area contributed by atoms with Crippen LogP contribution in [0.1, 0.15) is 19.0 Å². The van der Waals surface area contributed by atoms with Crippen molar-refractivity contribution >= 4 is 5.82 Å². The quantitative estimate of drug-likeness (QED) is 0.686. The molecule has 1 aromatic rings. The van der Waals surface area contributed by atoms with Crippen LogP contribution in [-0.4, -0.2) is 44.1 Å². The summed E-state index contributed by atoms with van der Waals surface area (Å²) in [6, 6.07) is 4.02. The molecule has 0 amide bonds. The molecule has 0 saturated heterocycles. The molecular formula is C12H22N4O. The number of ether oxygens (including phenoxy) is 1. The van der Waals surface area contributed by atoms with Crippen LogP contribution in [0, 0.1) is 0 Å². The van der Waals surface area contributed by atoms with E-state index in [1.54, 1.807) is 7.11 Å². The van der Waals surface area contributed by atoms with Gasteiger partial charge >= 0.3 is 0 Å². The summed E-state index contributed by atoms with van der Waals surface area (Å²) < 4.78 is 5.02. The van der Waals surface area contributed by atoms with Gasteiger partial charge in [0.25, 0.3) is 0 Å². The molecule has 1 rings (SSSR count). The molecule has 0 aromatic carbocycles. The number of rotatable bonds is 8. The second-order valence-corrected chi connectivity index (χ2v) is 3.93. The highest BCUT2D eigenvalue weighted by molar-refractivity contribution is 5.35. The largest absolute Gasteiger partial charge is 0.385 e. The molecule has 0 unspecified atom stereocenters. The fourth-order valence-electron chi connectivity index (χ4n) is 1.46. The van der Waals surface area contributed by atoms with Crippen LogP contribution in [0.15, 0.2) is 12.1 Å². The summed E-state index contributed by atoms with van der Waals surface area (Å²) >= 11 is 0. The minimum absolute atomic E-state index is 0.774. The Morgan fingerprint density at radius 2 is 2.18 bits per heavy atom. The van der Waals surface area contributed by atoms with E-state index in [-0.39, 0.29) is 0 Å². The number of aromatic nitrogens is 2. The van der Waals surface area contributed by atoms with E-state index in [2.05, 4.69) is 27.3 Å². The molecule has 0 radical (unpaired) electrons. The van der Waals surface area contributed by atoms with Crippen LogP contribution in [0.4, 0.5) is 5.82 Å². The minimum atomic E-state index is 0.774. The van der Waals surface area contributed by atoms with Crippen molar-refractivity contribution in [2.45, 2.75) is 19.9 Å². The smallest absolute Gasteiger partial charge is 0.150 e. The molecule has 0 saturated carbocycles. The Morgan fingerprint density at radius 1 is 1.35 bits per heavy atom. The molecule has 1 N–H and O–H groups in total. The number of nitrogens with one attached hydrogen (secondary N) is 1. The van der Waals surface area contributed by atoms with E-state index in [1.807, 2.05) is 19.2 Å². The Labute approximate surface area is 103 Å². The Bertz CT molecular complexity index is 302. The van der Waals surface area contributed by atoms with E-state index in [1.165, 1.54) is 0 Å². The standard InChI is InChI=1S/C12H22N4O/c1-4-13-10-11-6-7-12(15-14-11)16(2)8-5-9-17-3/h6-7,13H,4-5,8-10H2,1-3H3. The van der Waals surface area contributed by atoms with Crippen LogP contribution in [0.25, 0.3) is 0 Å². The van der Waals surface area contributed by atoms with E-state index in [4.69, 9.17) is 4.74 Å². The van der Waals surface area contributed by atoms with Crippen molar-refractivity contribution in [2.75, 3.05) is 38.8 Å². The van der Waals surface area contributed by atoms with Gasteiger partial charge in [-0.2, -0.15) is 5.10 Å². The summed E-state index contributed by atoms with van der Waals surface area (Å²) in [7, 11) is 3.74. The van der Waals surface area contributed by atoms with Crippen LogP contribution in [0.5, 0.6) is 0 Å². The van der Waals surface area contributed by atoms with Gasteiger partial charge in [-0.05, 0) is 25.1 Å². The van der Waals surface area contributed by atoms with E-state index >= 15 is 0 Å². The summed E-state index contributed by atoms with van der Waals surface area (Å²) in [5.41, 5.74) is 0.973. The van der Waals surface area contributed by atoms with Crippen LogP contribution in [0.3, 0.4) is 0 Å². The molecule has 0 aliphatic rings. The van der Waals surface area contributed by atoms with Gasteiger partial charge in [-0.25, -0.2) is 0 Å². The number of methoxy groups -OCH3 is 1. The Hall–Kier alpha value is -1.20. The Kier molecular flexibility index (Phi) is 6.50. The number of hydrogen-bond acceptors (Lipinski definition) is 5. The first-order valence-electron chi connectivity index (χ1n) is 6.01. The first kappa shape index (κ1) is 13.9. The fraction of sp³-hybridized carbons (Fsp3) is 0.667. The third-order valence-corrected chi connectivity index (χ3v) is 2.49. The van der Waals surface area contributed by atoms with Crippen molar-refractivity contribution in [2.24, 2.45) is 0 Å². The van der Waals surface area contributed by atoms with Crippen molar-refractivity contribution in [1.29, 1.82) is 0 Å². The third-order valence-electron chi connectivity index (χ3n) is 2.49. The lowest BCUT2D eigenvalue weighted by Gasteiger charge is -2.17. The van der Waals surface area contributed by atoms with Gasteiger partial charge in [-0.3, -0.25) is 0 Å². The number of anilines is 1. The van der Waals surface area contributed by atoms with E-state index in [9.17, 15) is 0 Å². The third kappa shape index (κ3) is 5.10. The lowest BCUT2D eigenvalue weighted by atomic mass is 10.3. The lowest BCUT2D eigenvalue weighted by molar-refractivity contribution is 0.196. The van der Waals surface area contributed by atoms with Crippen LogP contribution < -0.4 is 10.2 Å². The fourth-order valence-corrected chi connectivity index (χ4v) is 1.46. The molecule has 5 nitrogen and oxygen atoms in total. The molecular weight excluding hydrogens is 216 g/mol. The molecule has 0 aliphatic carbocycles. The first-order valence-corrected chi connectivity index (χ1v) is 6.01. The van der Waals surface area contributed by atoms with Crippen LogP contribution in [0.2, 0.25) is 0 Å². The van der Waals surface area contributed by atoms with Crippen molar-refractivity contribution in [1.82, 2.24) is 15.5 Å². The second-order valence-electron chi connectivity index (χ2n) is 3.93. The summed E-state index contributed by atoms with van der Waals surface area (Å²) in [6.45, 7) is 5.49. The first-order chi connectivity index (χ1) is 8.27. The molecule has 0 fully saturated rings. The molecule has 0 bridgehead atoms. The molecule has 1 heterocycles. The maximum absolute atomic E-state index is 5.02. The van der Waals surface area contributed by atoms with Gasteiger partial charge in [-0.15, -0.1) is 5.10 Å². The van der Waals surface area contributed by atoms with E-state index < -0.39 is 0 Å². The average molecular weight is 238 g/mol. The summed E-state index contributed by atoms with van der Waals surface area (Å²) in [6.07, 6.45) is 0.994. The molecule has 96 valence electrons. The zero-order valence-corrected chi connectivity index (χ0v) is 10.9. The van der Waals surface area contributed by atoms with Crippen LogP contribution in [-0.2, 0) is 11.3 Å². The van der Waals surface area contributed by atoms with Gasteiger partial charge in [0.05, 0.1) is 5.69 Å². The van der Waals surface area contributed by atoms with Gasteiger partial charge < -0.3 is 15.0 Å². The number of nitrogens with zero attached hydrogens (tertiary/aromatic N) is 3. The van der Waals surface area contributed by atoms with Gasteiger partial charge in [-0.1, -0.05) is 6.92 Å². The highest BCUT2D eigenvalue weighted by Crippen LogP contribution is 2.07. The van der Waals surface area contributed by atoms with Crippen molar-refractivity contribution < 1.29 is 4.74 Å². The lowest BCUT2D eigenvalue weighted by Crippen LogP contribution is -2.21. The summed E-state index contributed by atoms with van der Waals surface area (Å²) in [4.78, 5) is 2.09. The van der Waals surface area contributed by atoms with E-state index in [0.717, 1.165) is 44.2 Å². The zero-order valence-electron chi connectivity index (χ0n) is 10.9. The molecule has 0 aliphatic heterocycles. The maximum atomic E-state index is 5.02. The SMILES string of the molecule is CCNCc1ccc(N(C)CCCOC)nn1. The Balaban J connectivity index is 2.43. The highest BCUT2D eigenvalue weighted by Gasteiger charge is 2.03. The van der Waals surface area contributed by atoms with E-state index in [0.29, 0.717) is 0 Å². The van der Waals surface area contributed by atoms with Gasteiger partial charge in [0.1, 0.15) is 0 Å². The molecule has 17 heavy (non-hydrogen) atoms. The molecule has 1 aromatic heterocycles. The van der Waals surface area contributed by atoms with Crippen LogP contribution >= 0.6 is 0 Å². The topological polar surface area (TPSA) is 50.3 Å². The molecule has 0 atom stereocenters. The Morgan fingerprint density at radius 3 is 2.76 bits per heavy atom.